The molecule has 128 valence electrons. The molecule has 1 N–H and O–H groups in total. The van der Waals surface area contributed by atoms with Crippen LogP contribution in [0.5, 0.6) is 6.01 Å². The largest absolute Gasteiger partial charge is 0.429 e. The van der Waals surface area contributed by atoms with Gasteiger partial charge in [-0.15, -0.1) is 0 Å². The molecule has 2 heterocycles. The van der Waals surface area contributed by atoms with Crippen LogP contribution >= 0.6 is 34.8 Å². The van der Waals surface area contributed by atoms with Crippen molar-refractivity contribution in [1.82, 2.24) is 15.0 Å². The molecule has 0 atom stereocenters. The van der Waals surface area contributed by atoms with Crippen LogP contribution in [0.1, 0.15) is 10.4 Å². The molecule has 0 fully saturated rings. The number of aromatic nitrogens is 3. The van der Waals surface area contributed by atoms with Crippen molar-refractivity contribution in [3.63, 3.8) is 0 Å². The molecule has 24 heavy (non-hydrogen) atoms. The average Bonchev–Trinajstić information content (AvgIpc) is 2.49. The maximum atomic E-state index is 12.9. The molecule has 0 aliphatic carbocycles. The molecule has 0 unspecified atom stereocenters. The summed E-state index contributed by atoms with van der Waals surface area (Å²) in [5.41, 5.74) is 0.0197. The number of hydrogen-bond donors (Lipinski definition) is 1. The van der Waals surface area contributed by atoms with E-state index >= 15 is 0 Å². The Morgan fingerprint density at radius 1 is 1.21 bits per heavy atom. The molecular formula is C12H6Cl3F3N4O2. The Kier molecular flexibility index (Phi) is 5.68. The van der Waals surface area contributed by atoms with Gasteiger partial charge in [-0.1, -0.05) is 34.8 Å². The normalized spacial score (nSPS) is 11.2. The summed E-state index contributed by atoms with van der Waals surface area (Å²) in [5, 5.41) is 2.01. The molecule has 0 saturated carbocycles. The predicted molar refractivity (Wildman–Crippen MR) is 80.8 cm³/mol. The molecule has 0 aliphatic heterocycles. The Morgan fingerprint density at radius 3 is 2.42 bits per heavy atom. The number of amides is 1. The van der Waals surface area contributed by atoms with Crippen molar-refractivity contribution >= 4 is 46.5 Å². The second-order valence-corrected chi connectivity index (χ2v) is 5.36. The molecule has 1 amide bonds. The van der Waals surface area contributed by atoms with Crippen LogP contribution in [-0.4, -0.2) is 33.6 Å². The van der Waals surface area contributed by atoms with Gasteiger partial charge in [-0.25, -0.2) is 14.4 Å². The van der Waals surface area contributed by atoms with E-state index in [1.807, 2.05) is 0 Å². The predicted octanol–water partition coefficient (Wildman–Crippen LogP) is 4.03. The van der Waals surface area contributed by atoms with Gasteiger partial charge in [-0.3, -0.25) is 4.79 Å². The second-order valence-electron chi connectivity index (χ2n) is 4.18. The third kappa shape index (κ3) is 4.83. The van der Waals surface area contributed by atoms with Crippen LogP contribution in [0.2, 0.25) is 15.3 Å². The van der Waals surface area contributed by atoms with Crippen LogP contribution in [0.15, 0.2) is 18.3 Å². The fourth-order valence-electron chi connectivity index (χ4n) is 1.42. The number of anilines is 1. The van der Waals surface area contributed by atoms with Gasteiger partial charge in [0.15, 0.2) is 12.5 Å². The van der Waals surface area contributed by atoms with Crippen LogP contribution in [0, 0.1) is 0 Å². The van der Waals surface area contributed by atoms with Gasteiger partial charge in [0.1, 0.15) is 15.3 Å². The Morgan fingerprint density at radius 2 is 1.83 bits per heavy atom. The van der Waals surface area contributed by atoms with E-state index in [2.05, 4.69) is 25.0 Å². The highest BCUT2D eigenvalue weighted by Crippen LogP contribution is 2.25. The van der Waals surface area contributed by atoms with Crippen molar-refractivity contribution < 1.29 is 22.7 Å². The van der Waals surface area contributed by atoms with Crippen LogP contribution in [-0.2, 0) is 0 Å². The Labute approximate surface area is 147 Å². The second kappa shape index (κ2) is 7.37. The number of ether oxygens (including phenoxy) is 1. The first kappa shape index (κ1) is 18.5. The first-order valence-corrected chi connectivity index (χ1v) is 7.13. The van der Waals surface area contributed by atoms with Crippen LogP contribution in [0.4, 0.5) is 19.0 Å². The van der Waals surface area contributed by atoms with E-state index in [4.69, 9.17) is 34.8 Å². The van der Waals surface area contributed by atoms with Crippen LogP contribution < -0.4 is 10.1 Å². The highest BCUT2D eigenvalue weighted by molar-refractivity contribution is 6.34. The van der Waals surface area contributed by atoms with Gasteiger partial charge in [0.25, 0.3) is 5.91 Å². The van der Waals surface area contributed by atoms with Crippen molar-refractivity contribution in [3.8, 4) is 6.01 Å². The van der Waals surface area contributed by atoms with Crippen molar-refractivity contribution in [3.05, 3.63) is 39.2 Å². The van der Waals surface area contributed by atoms with E-state index in [0.29, 0.717) is 0 Å². The van der Waals surface area contributed by atoms with Crippen molar-refractivity contribution in [1.29, 1.82) is 0 Å². The van der Waals surface area contributed by atoms with Gasteiger partial charge in [0, 0.05) is 5.56 Å². The lowest BCUT2D eigenvalue weighted by molar-refractivity contribution is -0.190. The number of carbonyl (C=O) groups excluding carboxylic acids is 1. The summed E-state index contributed by atoms with van der Waals surface area (Å²) in [6, 6.07) is 1.56. The molecule has 2 aromatic rings. The van der Waals surface area contributed by atoms with Crippen molar-refractivity contribution in [2.45, 2.75) is 6.11 Å². The third-order valence-corrected chi connectivity index (χ3v) is 3.04. The zero-order valence-corrected chi connectivity index (χ0v) is 13.6. The number of nitrogens with one attached hydrogen (secondary N) is 1. The quantitative estimate of drug-likeness (QED) is 0.766. The average molecular weight is 402 g/mol. The zero-order valence-electron chi connectivity index (χ0n) is 11.4. The SMILES string of the molecule is O=C(Nc1nc(OC(F)(F)CF)ncc1Cl)c1cc(Cl)nc(Cl)c1. The minimum absolute atomic E-state index is 0.0197. The Balaban J connectivity index is 2.24. The van der Waals surface area contributed by atoms with E-state index in [1.54, 1.807) is 0 Å². The van der Waals surface area contributed by atoms with E-state index < -0.39 is 24.7 Å². The molecule has 6 nitrogen and oxygen atoms in total. The zero-order chi connectivity index (χ0) is 17.9. The topological polar surface area (TPSA) is 77.0 Å². The van der Waals surface area contributed by atoms with Gasteiger partial charge >= 0.3 is 12.1 Å². The highest BCUT2D eigenvalue weighted by atomic mass is 35.5. The highest BCUT2D eigenvalue weighted by Gasteiger charge is 2.33. The number of pyridine rings is 1. The number of alkyl halides is 3. The summed E-state index contributed by atoms with van der Waals surface area (Å²) in [6.45, 7) is -2.07. The number of nitrogens with zero attached hydrogens (tertiary/aromatic N) is 3. The Hall–Kier alpha value is -1.84. The molecule has 12 heteroatoms. The fourth-order valence-corrected chi connectivity index (χ4v) is 2.02. The van der Waals surface area contributed by atoms with Gasteiger partial charge in [-0.2, -0.15) is 13.8 Å². The maximum Gasteiger partial charge on any atom is 0.429 e. The first-order chi connectivity index (χ1) is 11.2. The molecular weight excluding hydrogens is 396 g/mol. The maximum absolute atomic E-state index is 12.9. The molecule has 0 bridgehead atoms. The summed E-state index contributed by atoms with van der Waals surface area (Å²) in [4.78, 5) is 22.6. The third-order valence-electron chi connectivity index (χ3n) is 2.38. The van der Waals surface area contributed by atoms with Gasteiger partial charge in [0.05, 0.1) is 6.20 Å². The number of rotatable bonds is 5. The van der Waals surface area contributed by atoms with E-state index in [-0.39, 0.29) is 26.7 Å². The first-order valence-electron chi connectivity index (χ1n) is 6.00. The number of carbonyl (C=O) groups is 1. The summed E-state index contributed by atoms with van der Waals surface area (Å²) in [7, 11) is 0. The molecule has 2 rings (SSSR count). The van der Waals surface area contributed by atoms with E-state index in [0.717, 1.165) is 6.20 Å². The lowest BCUT2D eigenvalue weighted by atomic mass is 10.2. The van der Waals surface area contributed by atoms with E-state index in [1.165, 1.54) is 12.1 Å². The fraction of sp³-hybridized carbons (Fsp3) is 0.167. The Bertz CT molecular complexity index is 759. The molecule has 0 saturated heterocycles. The lowest BCUT2D eigenvalue weighted by Gasteiger charge is -2.13. The summed E-state index contributed by atoms with van der Waals surface area (Å²) in [5.74, 6) is -1.07. The monoisotopic (exact) mass is 400 g/mol. The molecule has 2 aromatic heterocycles. The molecule has 0 aliphatic rings. The smallest absolute Gasteiger partial charge is 0.396 e. The van der Waals surface area contributed by atoms with Crippen molar-refractivity contribution in [2.75, 3.05) is 12.0 Å². The van der Waals surface area contributed by atoms with Crippen LogP contribution in [0.3, 0.4) is 0 Å². The summed E-state index contributed by atoms with van der Waals surface area (Å²) in [6.07, 6.45) is -3.21. The lowest BCUT2D eigenvalue weighted by Crippen LogP contribution is -2.28. The molecule has 0 aromatic carbocycles. The summed E-state index contributed by atoms with van der Waals surface area (Å²) >= 11 is 17.1. The van der Waals surface area contributed by atoms with Gasteiger partial charge in [0.2, 0.25) is 0 Å². The number of halogens is 6. The van der Waals surface area contributed by atoms with Gasteiger partial charge < -0.3 is 10.1 Å². The minimum atomic E-state index is -4.11. The molecule has 0 radical (unpaired) electrons. The van der Waals surface area contributed by atoms with Crippen LogP contribution in [0.25, 0.3) is 0 Å². The molecule has 0 spiro atoms. The number of hydrogen-bond acceptors (Lipinski definition) is 5. The summed E-state index contributed by atoms with van der Waals surface area (Å²) < 4.78 is 41.8. The minimum Gasteiger partial charge on any atom is -0.396 e. The van der Waals surface area contributed by atoms with E-state index in [9.17, 15) is 18.0 Å². The van der Waals surface area contributed by atoms with Crippen molar-refractivity contribution in [2.24, 2.45) is 0 Å². The standard InChI is InChI=1S/C12H6Cl3F3N4O2/c13-6-3-19-11(24-12(17,18)4-16)22-9(6)21-10(23)5-1-7(14)20-8(15)2-5/h1-3H,4H2,(H,19,21,22,23). The van der Waals surface area contributed by atoms with Gasteiger partial charge in [-0.05, 0) is 12.1 Å².